The monoisotopic (exact) mass is 453 g/mol. The molecule has 2 fully saturated rings. The van der Waals surface area contributed by atoms with E-state index in [1.165, 1.54) is 11.1 Å². The number of likely N-dealkylation sites (tertiary alicyclic amines) is 1. The molecule has 0 aliphatic carbocycles. The van der Waals surface area contributed by atoms with Crippen LogP contribution in [-0.2, 0) is 6.54 Å². The fourth-order valence-electron chi connectivity index (χ4n) is 4.34. The van der Waals surface area contributed by atoms with Crippen LogP contribution in [0, 0.1) is 6.92 Å². The predicted octanol–water partition coefficient (Wildman–Crippen LogP) is 3.20. The molecule has 2 heterocycles. The first-order valence-corrected chi connectivity index (χ1v) is 11.9. The van der Waals surface area contributed by atoms with Gasteiger partial charge in [0.15, 0.2) is 0 Å². The van der Waals surface area contributed by atoms with Crippen molar-refractivity contribution < 1.29 is 19.4 Å². The summed E-state index contributed by atoms with van der Waals surface area (Å²) in [5.41, 5.74) is 1.63. The van der Waals surface area contributed by atoms with Crippen LogP contribution in [0.4, 0.5) is 4.79 Å². The molecule has 2 N–H and O–H groups in total. The molecule has 2 aliphatic heterocycles. The van der Waals surface area contributed by atoms with Gasteiger partial charge in [-0.2, -0.15) is 0 Å². The number of hydrogen-bond acceptors (Lipinski definition) is 5. The minimum Gasteiger partial charge on any atom is -0.492 e. The number of ether oxygens (including phenoxy) is 2. The Morgan fingerprint density at radius 1 is 0.970 bits per heavy atom. The summed E-state index contributed by atoms with van der Waals surface area (Å²) >= 11 is 0. The summed E-state index contributed by atoms with van der Waals surface area (Å²) in [4.78, 5) is 15.7. The van der Waals surface area contributed by atoms with E-state index in [0.29, 0.717) is 32.7 Å². The number of urea groups is 1. The van der Waals surface area contributed by atoms with Crippen molar-refractivity contribution in [1.82, 2.24) is 15.1 Å². The zero-order valence-corrected chi connectivity index (χ0v) is 19.5. The Bertz CT molecular complexity index is 903. The highest BCUT2D eigenvalue weighted by atomic mass is 16.5. The molecule has 0 radical (unpaired) electrons. The highest BCUT2D eigenvalue weighted by molar-refractivity contribution is 5.76. The standard InChI is InChI=1S/C26H35N3O4/c1-21-3-7-24(8-4-21)33-20-26(31)11-2-14-28(15-12-26)19-22-5-9-23(10-6-22)32-18-17-29-16-13-27-25(29)30/h3-10,31H,2,11-20H2,1H3,(H,27,30)/t26-/m0/s1. The van der Waals surface area contributed by atoms with Crippen molar-refractivity contribution in [3.05, 3.63) is 59.7 Å². The van der Waals surface area contributed by atoms with E-state index in [-0.39, 0.29) is 6.03 Å². The number of amides is 2. The average Bonchev–Trinajstić information content (AvgIpc) is 3.13. The van der Waals surface area contributed by atoms with E-state index in [9.17, 15) is 9.90 Å². The minimum atomic E-state index is -0.788. The largest absolute Gasteiger partial charge is 0.492 e. The van der Waals surface area contributed by atoms with E-state index in [0.717, 1.165) is 50.5 Å². The molecule has 2 aromatic carbocycles. The normalized spacial score (nSPS) is 21.5. The second kappa shape index (κ2) is 10.9. The van der Waals surface area contributed by atoms with Crippen LogP contribution in [0.25, 0.3) is 0 Å². The van der Waals surface area contributed by atoms with Gasteiger partial charge in [0.25, 0.3) is 0 Å². The van der Waals surface area contributed by atoms with Gasteiger partial charge in [-0.3, -0.25) is 4.90 Å². The molecule has 1 atom stereocenters. The molecular weight excluding hydrogens is 418 g/mol. The number of nitrogens with zero attached hydrogens (tertiary/aromatic N) is 2. The third-order valence-electron chi connectivity index (χ3n) is 6.44. The first-order chi connectivity index (χ1) is 16.0. The molecule has 7 nitrogen and oxygen atoms in total. The maximum atomic E-state index is 11.6. The van der Waals surface area contributed by atoms with Crippen LogP contribution >= 0.6 is 0 Å². The molecule has 4 rings (SSSR count). The molecule has 0 bridgehead atoms. The van der Waals surface area contributed by atoms with E-state index in [2.05, 4.69) is 29.3 Å². The molecule has 2 aliphatic rings. The molecule has 2 aromatic rings. The first kappa shape index (κ1) is 23.4. The second-order valence-electron chi connectivity index (χ2n) is 9.17. The Kier molecular flexibility index (Phi) is 7.73. The highest BCUT2D eigenvalue weighted by Gasteiger charge is 2.31. The molecule has 178 valence electrons. The molecule has 2 saturated heterocycles. The Balaban J connectivity index is 1.20. The van der Waals surface area contributed by atoms with Gasteiger partial charge >= 0.3 is 6.03 Å². The number of benzene rings is 2. The quantitative estimate of drug-likeness (QED) is 0.610. The van der Waals surface area contributed by atoms with Gasteiger partial charge in [-0.15, -0.1) is 0 Å². The smallest absolute Gasteiger partial charge is 0.317 e. The highest BCUT2D eigenvalue weighted by Crippen LogP contribution is 2.25. The number of carbonyl (C=O) groups is 1. The predicted molar refractivity (Wildman–Crippen MR) is 128 cm³/mol. The van der Waals surface area contributed by atoms with Crippen LogP contribution in [0.15, 0.2) is 48.5 Å². The SMILES string of the molecule is Cc1ccc(OC[C@]2(O)CCCN(Cc3ccc(OCCN4CCNC4=O)cc3)CC2)cc1. The topological polar surface area (TPSA) is 74.3 Å². The van der Waals surface area contributed by atoms with Gasteiger partial charge in [0.05, 0.1) is 12.1 Å². The fraction of sp³-hybridized carbons (Fsp3) is 0.500. The van der Waals surface area contributed by atoms with Gasteiger partial charge in [-0.1, -0.05) is 29.8 Å². The minimum absolute atomic E-state index is 0.0139. The van der Waals surface area contributed by atoms with Crippen molar-refractivity contribution in [2.24, 2.45) is 0 Å². The van der Waals surface area contributed by atoms with Crippen LogP contribution in [0.5, 0.6) is 11.5 Å². The molecule has 7 heteroatoms. The van der Waals surface area contributed by atoms with Crippen molar-refractivity contribution in [3.63, 3.8) is 0 Å². The summed E-state index contributed by atoms with van der Waals surface area (Å²) in [6.45, 7) is 7.56. The lowest BCUT2D eigenvalue weighted by molar-refractivity contribution is -0.0168. The molecule has 2 amide bonds. The Hall–Kier alpha value is -2.77. The van der Waals surface area contributed by atoms with Crippen LogP contribution in [0.3, 0.4) is 0 Å². The lowest BCUT2D eigenvalue weighted by Gasteiger charge is -2.27. The van der Waals surface area contributed by atoms with E-state index in [4.69, 9.17) is 9.47 Å². The van der Waals surface area contributed by atoms with Gasteiger partial charge in [0.1, 0.15) is 24.7 Å². The van der Waals surface area contributed by atoms with Crippen LogP contribution < -0.4 is 14.8 Å². The maximum absolute atomic E-state index is 11.6. The number of carbonyl (C=O) groups excluding carboxylic acids is 1. The molecule has 0 saturated carbocycles. The van der Waals surface area contributed by atoms with Gasteiger partial charge in [0, 0.05) is 26.2 Å². The summed E-state index contributed by atoms with van der Waals surface area (Å²) < 4.78 is 11.7. The molecule has 33 heavy (non-hydrogen) atoms. The zero-order chi connectivity index (χ0) is 23.1. The number of aryl methyl sites for hydroxylation is 1. The number of aliphatic hydroxyl groups is 1. The van der Waals surface area contributed by atoms with Crippen molar-refractivity contribution in [1.29, 1.82) is 0 Å². The van der Waals surface area contributed by atoms with Gasteiger partial charge in [0.2, 0.25) is 0 Å². The van der Waals surface area contributed by atoms with Crippen LogP contribution in [-0.4, -0.2) is 72.5 Å². The molecular formula is C26H35N3O4. The summed E-state index contributed by atoms with van der Waals surface area (Å²) in [5.74, 6) is 1.62. The molecule has 0 aromatic heterocycles. The van der Waals surface area contributed by atoms with Gasteiger partial charge in [-0.05, 0) is 62.6 Å². The van der Waals surface area contributed by atoms with Crippen molar-refractivity contribution in [3.8, 4) is 11.5 Å². The molecule has 0 spiro atoms. The van der Waals surface area contributed by atoms with Crippen molar-refractivity contribution in [2.75, 3.05) is 45.9 Å². The third-order valence-corrected chi connectivity index (χ3v) is 6.44. The summed E-state index contributed by atoms with van der Waals surface area (Å²) in [6.07, 6.45) is 2.39. The summed E-state index contributed by atoms with van der Waals surface area (Å²) in [6, 6.07) is 16.1. The summed E-state index contributed by atoms with van der Waals surface area (Å²) in [7, 11) is 0. The van der Waals surface area contributed by atoms with E-state index in [1.54, 1.807) is 4.90 Å². The zero-order valence-electron chi connectivity index (χ0n) is 19.5. The lowest BCUT2D eigenvalue weighted by atomic mass is 9.96. The van der Waals surface area contributed by atoms with Crippen molar-refractivity contribution in [2.45, 2.75) is 38.3 Å². The third kappa shape index (κ3) is 6.85. The molecule has 0 unspecified atom stereocenters. The van der Waals surface area contributed by atoms with Gasteiger partial charge < -0.3 is 24.8 Å². The Morgan fingerprint density at radius 3 is 2.42 bits per heavy atom. The average molecular weight is 454 g/mol. The van der Waals surface area contributed by atoms with E-state index in [1.807, 2.05) is 36.4 Å². The second-order valence-corrected chi connectivity index (χ2v) is 9.17. The van der Waals surface area contributed by atoms with Crippen molar-refractivity contribution >= 4 is 6.03 Å². The van der Waals surface area contributed by atoms with E-state index < -0.39 is 5.60 Å². The number of nitrogens with one attached hydrogen (secondary N) is 1. The van der Waals surface area contributed by atoms with E-state index >= 15 is 0 Å². The number of rotatable bonds is 9. The maximum Gasteiger partial charge on any atom is 0.317 e. The fourth-order valence-corrected chi connectivity index (χ4v) is 4.34. The lowest BCUT2D eigenvalue weighted by Crippen LogP contribution is -2.37. The Morgan fingerprint density at radius 2 is 1.70 bits per heavy atom. The van der Waals surface area contributed by atoms with Gasteiger partial charge in [-0.25, -0.2) is 4.79 Å². The first-order valence-electron chi connectivity index (χ1n) is 11.9. The number of hydrogen-bond donors (Lipinski definition) is 2. The van der Waals surface area contributed by atoms with Crippen LogP contribution in [0.1, 0.15) is 30.4 Å². The van der Waals surface area contributed by atoms with Crippen LogP contribution in [0.2, 0.25) is 0 Å². The Labute approximate surface area is 196 Å². The summed E-state index contributed by atoms with van der Waals surface area (Å²) in [5, 5.41) is 13.9.